The molecule has 0 aromatic heterocycles. The van der Waals surface area contributed by atoms with Crippen LogP contribution in [0.4, 0.5) is 10.5 Å². The Bertz CT molecular complexity index is 882. The van der Waals surface area contributed by atoms with Gasteiger partial charge in [-0.2, -0.15) is 0 Å². The topological polar surface area (TPSA) is 84.9 Å². The van der Waals surface area contributed by atoms with E-state index in [2.05, 4.69) is 5.32 Å². The molecule has 1 aliphatic rings. The lowest BCUT2D eigenvalue weighted by molar-refractivity contribution is -0.140. The van der Waals surface area contributed by atoms with Crippen molar-refractivity contribution in [2.24, 2.45) is 0 Å². The zero-order valence-electron chi connectivity index (χ0n) is 15.8. The summed E-state index contributed by atoms with van der Waals surface area (Å²) in [6.07, 6.45) is -0.897. The number of carbonyl (C=O) groups is 3. The first-order valence-corrected chi connectivity index (χ1v) is 8.95. The van der Waals surface area contributed by atoms with Crippen molar-refractivity contribution in [3.63, 3.8) is 0 Å². The fraction of sp³-hybridized carbons (Fsp3) is 0.286. The van der Waals surface area contributed by atoms with Crippen LogP contribution in [0, 0.1) is 13.8 Å². The third kappa shape index (κ3) is 4.68. The zero-order chi connectivity index (χ0) is 20.1. The average Bonchev–Trinajstić information content (AvgIpc) is 3.04. The standard InChI is InChI=1S/C21H22N2O5/c1-14-8-9-15(2)17(10-14)22-19(24)11-18-20(25)28-13-23(18)21(26)27-12-16-6-4-3-5-7-16/h3-10,18H,11-13H2,1-2H3,(H,22,24)/t18-/m1/s1. The van der Waals surface area contributed by atoms with E-state index >= 15 is 0 Å². The highest BCUT2D eigenvalue weighted by atomic mass is 16.6. The lowest BCUT2D eigenvalue weighted by Gasteiger charge is -2.19. The first-order valence-electron chi connectivity index (χ1n) is 8.95. The van der Waals surface area contributed by atoms with Crippen molar-refractivity contribution in [3.05, 3.63) is 65.2 Å². The van der Waals surface area contributed by atoms with Gasteiger partial charge in [0.1, 0.15) is 12.6 Å². The molecule has 3 rings (SSSR count). The fourth-order valence-corrected chi connectivity index (χ4v) is 2.87. The molecule has 0 bridgehead atoms. The minimum absolute atomic E-state index is 0.0752. The molecule has 0 spiro atoms. The van der Waals surface area contributed by atoms with Gasteiger partial charge in [0.05, 0.1) is 6.42 Å². The third-order valence-electron chi connectivity index (χ3n) is 4.48. The second-order valence-electron chi connectivity index (χ2n) is 6.69. The van der Waals surface area contributed by atoms with E-state index in [4.69, 9.17) is 9.47 Å². The molecule has 2 aromatic rings. The number of hydrogen-bond donors (Lipinski definition) is 1. The quantitative estimate of drug-likeness (QED) is 0.803. The van der Waals surface area contributed by atoms with Crippen LogP contribution in [-0.4, -0.2) is 35.6 Å². The number of carbonyl (C=O) groups excluding carboxylic acids is 3. The first kappa shape index (κ1) is 19.4. The van der Waals surface area contributed by atoms with Crippen molar-refractivity contribution in [3.8, 4) is 0 Å². The number of anilines is 1. The van der Waals surface area contributed by atoms with Gasteiger partial charge in [0.2, 0.25) is 5.91 Å². The summed E-state index contributed by atoms with van der Waals surface area (Å²) in [4.78, 5) is 37.9. The van der Waals surface area contributed by atoms with E-state index < -0.39 is 18.1 Å². The maximum atomic E-state index is 12.4. The molecule has 28 heavy (non-hydrogen) atoms. The van der Waals surface area contributed by atoms with E-state index in [0.717, 1.165) is 21.6 Å². The van der Waals surface area contributed by atoms with Gasteiger partial charge in [-0.25, -0.2) is 9.59 Å². The SMILES string of the molecule is Cc1ccc(C)c(NC(=O)C[C@@H]2C(=O)OCN2C(=O)OCc2ccccc2)c1. The smallest absolute Gasteiger partial charge is 0.413 e. The second-order valence-corrected chi connectivity index (χ2v) is 6.69. The van der Waals surface area contributed by atoms with Crippen molar-refractivity contribution in [2.45, 2.75) is 32.9 Å². The summed E-state index contributed by atoms with van der Waals surface area (Å²) in [6.45, 7) is 3.65. The highest BCUT2D eigenvalue weighted by Crippen LogP contribution is 2.20. The van der Waals surface area contributed by atoms with Gasteiger partial charge >= 0.3 is 12.1 Å². The molecule has 0 radical (unpaired) electrons. The van der Waals surface area contributed by atoms with Crippen LogP contribution < -0.4 is 5.32 Å². The molecule has 0 aliphatic carbocycles. The van der Waals surface area contributed by atoms with Gasteiger partial charge in [0.25, 0.3) is 0 Å². The van der Waals surface area contributed by atoms with Gasteiger partial charge in [0, 0.05) is 5.69 Å². The van der Waals surface area contributed by atoms with Crippen LogP contribution in [0.2, 0.25) is 0 Å². The summed E-state index contributed by atoms with van der Waals surface area (Å²) in [5.74, 6) is -0.994. The van der Waals surface area contributed by atoms with Crippen molar-refractivity contribution < 1.29 is 23.9 Å². The monoisotopic (exact) mass is 382 g/mol. The molecular weight excluding hydrogens is 360 g/mol. The van der Waals surface area contributed by atoms with Crippen LogP contribution in [0.25, 0.3) is 0 Å². The van der Waals surface area contributed by atoms with E-state index in [1.54, 1.807) is 0 Å². The number of ether oxygens (including phenoxy) is 2. The molecule has 0 unspecified atom stereocenters. The summed E-state index contributed by atoms with van der Waals surface area (Å²) < 4.78 is 10.2. The maximum absolute atomic E-state index is 12.4. The molecular formula is C21H22N2O5. The minimum Gasteiger partial charge on any atom is -0.444 e. The maximum Gasteiger partial charge on any atom is 0.413 e. The number of benzene rings is 2. The molecule has 2 amide bonds. The van der Waals surface area contributed by atoms with Gasteiger partial charge in [0.15, 0.2) is 6.73 Å². The Morgan fingerprint density at radius 1 is 1.18 bits per heavy atom. The highest BCUT2D eigenvalue weighted by molar-refractivity contribution is 5.96. The predicted octanol–water partition coefficient (Wildman–Crippen LogP) is 3.15. The molecule has 1 heterocycles. The van der Waals surface area contributed by atoms with Gasteiger partial charge in [-0.15, -0.1) is 0 Å². The molecule has 0 saturated carbocycles. The lowest BCUT2D eigenvalue weighted by Crippen LogP contribution is -2.40. The lowest BCUT2D eigenvalue weighted by atomic mass is 10.1. The molecule has 146 valence electrons. The molecule has 1 aliphatic heterocycles. The van der Waals surface area contributed by atoms with Crippen LogP contribution in [0.5, 0.6) is 0 Å². The Labute approximate surface area is 163 Å². The second kappa shape index (κ2) is 8.56. The summed E-state index contributed by atoms with van der Waals surface area (Å²) >= 11 is 0. The molecule has 1 saturated heterocycles. The number of nitrogens with zero attached hydrogens (tertiary/aromatic N) is 1. The van der Waals surface area contributed by atoms with Crippen LogP contribution in [-0.2, 0) is 25.7 Å². The summed E-state index contributed by atoms with van der Waals surface area (Å²) in [5, 5.41) is 2.79. The fourth-order valence-electron chi connectivity index (χ4n) is 2.87. The summed E-state index contributed by atoms with van der Waals surface area (Å²) in [6, 6.07) is 13.9. The molecule has 1 fully saturated rings. The van der Waals surface area contributed by atoms with Gasteiger partial charge in [-0.3, -0.25) is 9.69 Å². The largest absolute Gasteiger partial charge is 0.444 e. The molecule has 1 N–H and O–H groups in total. The normalized spacial score (nSPS) is 15.9. The first-order chi connectivity index (χ1) is 13.4. The predicted molar refractivity (Wildman–Crippen MR) is 102 cm³/mol. The number of amides is 2. The van der Waals surface area contributed by atoms with Crippen LogP contribution in [0.3, 0.4) is 0 Å². The molecule has 7 nitrogen and oxygen atoms in total. The Balaban J connectivity index is 1.60. The minimum atomic E-state index is -1.01. The van der Waals surface area contributed by atoms with E-state index in [1.807, 2.05) is 62.4 Å². The molecule has 1 atom stereocenters. The summed E-state index contributed by atoms with van der Waals surface area (Å²) in [5.41, 5.74) is 3.42. The summed E-state index contributed by atoms with van der Waals surface area (Å²) in [7, 11) is 0. The van der Waals surface area contributed by atoms with E-state index in [-0.39, 0.29) is 25.7 Å². The van der Waals surface area contributed by atoms with Crippen LogP contribution >= 0.6 is 0 Å². The van der Waals surface area contributed by atoms with E-state index in [1.165, 1.54) is 0 Å². The number of cyclic esters (lactones) is 1. The highest BCUT2D eigenvalue weighted by Gasteiger charge is 2.40. The van der Waals surface area contributed by atoms with Crippen molar-refractivity contribution in [2.75, 3.05) is 12.0 Å². The van der Waals surface area contributed by atoms with Gasteiger partial charge in [-0.1, -0.05) is 42.5 Å². The van der Waals surface area contributed by atoms with Gasteiger partial charge < -0.3 is 14.8 Å². The van der Waals surface area contributed by atoms with Crippen molar-refractivity contribution in [1.82, 2.24) is 4.90 Å². The number of nitrogens with one attached hydrogen (secondary N) is 1. The number of esters is 1. The van der Waals surface area contributed by atoms with E-state index in [9.17, 15) is 14.4 Å². The Morgan fingerprint density at radius 2 is 1.93 bits per heavy atom. The molecule has 7 heteroatoms. The number of hydrogen-bond acceptors (Lipinski definition) is 5. The Morgan fingerprint density at radius 3 is 2.68 bits per heavy atom. The van der Waals surface area contributed by atoms with Crippen LogP contribution in [0.1, 0.15) is 23.1 Å². The Hall–Kier alpha value is -3.35. The van der Waals surface area contributed by atoms with Gasteiger partial charge in [-0.05, 0) is 36.6 Å². The van der Waals surface area contributed by atoms with Crippen molar-refractivity contribution >= 4 is 23.7 Å². The third-order valence-corrected chi connectivity index (χ3v) is 4.48. The number of aryl methyl sites for hydroxylation is 2. The van der Waals surface area contributed by atoms with Crippen molar-refractivity contribution in [1.29, 1.82) is 0 Å². The number of rotatable bonds is 5. The molecule has 2 aromatic carbocycles. The average molecular weight is 382 g/mol. The zero-order valence-corrected chi connectivity index (χ0v) is 15.8. The van der Waals surface area contributed by atoms with Crippen LogP contribution in [0.15, 0.2) is 48.5 Å². The van der Waals surface area contributed by atoms with E-state index in [0.29, 0.717) is 5.69 Å². The Kier molecular flexibility index (Phi) is 5.93.